The standard InChI is InChI=1S/C12H11BrClNO/c13-9-1-2-10(14)11(7-9)16-8-12(3-4-12)5-6-15/h1-2,7H,3-5,8H2. The van der Waals surface area contributed by atoms with Crippen molar-refractivity contribution in [2.75, 3.05) is 6.61 Å². The zero-order valence-electron chi connectivity index (χ0n) is 8.67. The monoisotopic (exact) mass is 299 g/mol. The summed E-state index contributed by atoms with van der Waals surface area (Å²) in [6.07, 6.45) is 2.72. The topological polar surface area (TPSA) is 33.0 Å². The molecule has 0 N–H and O–H groups in total. The molecule has 1 aromatic rings. The van der Waals surface area contributed by atoms with E-state index in [2.05, 4.69) is 22.0 Å². The maximum absolute atomic E-state index is 8.70. The molecule has 0 aliphatic heterocycles. The van der Waals surface area contributed by atoms with Gasteiger partial charge < -0.3 is 4.74 Å². The molecule has 0 spiro atoms. The molecule has 0 radical (unpaired) electrons. The largest absolute Gasteiger partial charge is 0.491 e. The van der Waals surface area contributed by atoms with Gasteiger partial charge in [0.15, 0.2) is 0 Å². The number of nitriles is 1. The minimum atomic E-state index is 0.0837. The lowest BCUT2D eigenvalue weighted by Crippen LogP contribution is -2.12. The summed E-state index contributed by atoms with van der Waals surface area (Å²) >= 11 is 9.38. The van der Waals surface area contributed by atoms with E-state index in [0.717, 1.165) is 17.3 Å². The lowest BCUT2D eigenvalue weighted by Gasteiger charge is -2.14. The zero-order chi connectivity index (χ0) is 11.6. The Bertz CT molecular complexity index is 437. The fourth-order valence-corrected chi connectivity index (χ4v) is 2.05. The first-order chi connectivity index (χ1) is 7.65. The predicted octanol–water partition coefficient (Wildman–Crippen LogP) is 4.18. The minimum Gasteiger partial charge on any atom is -0.491 e. The van der Waals surface area contributed by atoms with E-state index in [-0.39, 0.29) is 5.41 Å². The third-order valence-corrected chi connectivity index (χ3v) is 3.64. The van der Waals surface area contributed by atoms with E-state index >= 15 is 0 Å². The van der Waals surface area contributed by atoms with Crippen LogP contribution >= 0.6 is 27.5 Å². The van der Waals surface area contributed by atoms with Crippen molar-refractivity contribution in [2.24, 2.45) is 5.41 Å². The summed E-state index contributed by atoms with van der Waals surface area (Å²) in [6.45, 7) is 0.580. The molecule has 0 bridgehead atoms. The van der Waals surface area contributed by atoms with E-state index in [4.69, 9.17) is 21.6 Å². The third-order valence-electron chi connectivity index (χ3n) is 2.84. The van der Waals surface area contributed by atoms with Crippen LogP contribution in [-0.2, 0) is 0 Å². The Morgan fingerprint density at radius 2 is 2.25 bits per heavy atom. The van der Waals surface area contributed by atoms with Crippen LogP contribution in [-0.4, -0.2) is 6.61 Å². The number of hydrogen-bond acceptors (Lipinski definition) is 2. The van der Waals surface area contributed by atoms with Gasteiger partial charge in [-0.15, -0.1) is 0 Å². The molecular weight excluding hydrogens is 289 g/mol. The van der Waals surface area contributed by atoms with Crippen molar-refractivity contribution < 1.29 is 4.74 Å². The van der Waals surface area contributed by atoms with E-state index in [1.807, 2.05) is 12.1 Å². The normalized spacial score (nSPS) is 16.6. The summed E-state index contributed by atoms with van der Waals surface area (Å²) in [5.41, 5.74) is 0.0837. The van der Waals surface area contributed by atoms with Gasteiger partial charge in [0.2, 0.25) is 0 Å². The number of halogens is 2. The minimum absolute atomic E-state index is 0.0837. The number of nitrogens with zero attached hydrogens (tertiary/aromatic N) is 1. The molecule has 0 unspecified atom stereocenters. The average Bonchev–Trinajstić information content (AvgIpc) is 3.01. The average molecular weight is 301 g/mol. The second-order valence-electron chi connectivity index (χ2n) is 4.20. The molecule has 2 nitrogen and oxygen atoms in total. The first kappa shape index (κ1) is 11.8. The van der Waals surface area contributed by atoms with Crippen LogP contribution in [0.3, 0.4) is 0 Å². The second-order valence-corrected chi connectivity index (χ2v) is 5.52. The molecule has 2 rings (SSSR count). The highest BCUT2D eigenvalue weighted by atomic mass is 79.9. The Morgan fingerprint density at radius 1 is 1.50 bits per heavy atom. The molecular formula is C12H11BrClNO. The molecule has 4 heteroatoms. The van der Waals surface area contributed by atoms with Gasteiger partial charge in [-0.1, -0.05) is 27.5 Å². The van der Waals surface area contributed by atoms with Crippen molar-refractivity contribution in [3.8, 4) is 11.8 Å². The van der Waals surface area contributed by atoms with Crippen molar-refractivity contribution in [2.45, 2.75) is 19.3 Å². The van der Waals surface area contributed by atoms with Crippen LogP contribution in [0, 0.1) is 16.7 Å². The molecule has 0 saturated heterocycles. The van der Waals surface area contributed by atoms with E-state index in [0.29, 0.717) is 23.8 Å². The quantitative estimate of drug-likeness (QED) is 0.836. The van der Waals surface area contributed by atoms with Gasteiger partial charge in [-0.25, -0.2) is 0 Å². The van der Waals surface area contributed by atoms with Gasteiger partial charge in [-0.3, -0.25) is 0 Å². The van der Waals surface area contributed by atoms with Crippen LogP contribution < -0.4 is 4.74 Å². The van der Waals surface area contributed by atoms with Crippen LogP contribution in [0.4, 0.5) is 0 Å². The van der Waals surface area contributed by atoms with Crippen molar-refractivity contribution in [1.29, 1.82) is 5.26 Å². The van der Waals surface area contributed by atoms with Crippen molar-refractivity contribution in [1.82, 2.24) is 0 Å². The molecule has 16 heavy (non-hydrogen) atoms. The summed E-state index contributed by atoms with van der Waals surface area (Å²) < 4.78 is 6.63. The second kappa shape index (κ2) is 4.65. The van der Waals surface area contributed by atoms with Gasteiger partial charge in [0, 0.05) is 16.3 Å². The van der Waals surface area contributed by atoms with Gasteiger partial charge in [-0.05, 0) is 31.0 Å². The Labute approximate surface area is 108 Å². The molecule has 1 aliphatic rings. The zero-order valence-corrected chi connectivity index (χ0v) is 11.0. The number of rotatable bonds is 4. The van der Waals surface area contributed by atoms with Crippen molar-refractivity contribution in [3.63, 3.8) is 0 Å². The summed E-state index contributed by atoms with van der Waals surface area (Å²) in [6, 6.07) is 7.73. The van der Waals surface area contributed by atoms with Crippen molar-refractivity contribution >= 4 is 27.5 Å². The smallest absolute Gasteiger partial charge is 0.139 e. The third kappa shape index (κ3) is 2.69. The summed E-state index contributed by atoms with van der Waals surface area (Å²) in [5, 5.41) is 9.31. The molecule has 0 heterocycles. The van der Waals surface area contributed by atoms with Crippen LogP contribution in [0.2, 0.25) is 5.02 Å². The molecule has 1 fully saturated rings. The summed E-state index contributed by atoms with van der Waals surface area (Å²) in [7, 11) is 0. The van der Waals surface area contributed by atoms with E-state index < -0.39 is 0 Å². The lowest BCUT2D eigenvalue weighted by atomic mass is 10.1. The van der Waals surface area contributed by atoms with Crippen LogP contribution in [0.5, 0.6) is 5.75 Å². The first-order valence-corrected chi connectivity index (χ1v) is 6.27. The molecule has 1 aromatic carbocycles. The van der Waals surface area contributed by atoms with Gasteiger partial charge in [0.25, 0.3) is 0 Å². The molecule has 0 amide bonds. The van der Waals surface area contributed by atoms with Gasteiger partial charge in [0.05, 0.1) is 17.7 Å². The number of hydrogen-bond donors (Lipinski definition) is 0. The van der Waals surface area contributed by atoms with E-state index in [9.17, 15) is 0 Å². The molecule has 1 aliphatic carbocycles. The van der Waals surface area contributed by atoms with Gasteiger partial charge >= 0.3 is 0 Å². The summed E-state index contributed by atoms with van der Waals surface area (Å²) in [5.74, 6) is 0.681. The number of ether oxygens (including phenoxy) is 1. The van der Waals surface area contributed by atoms with Crippen LogP contribution in [0.25, 0.3) is 0 Å². The first-order valence-electron chi connectivity index (χ1n) is 5.10. The predicted molar refractivity (Wildman–Crippen MR) is 66.5 cm³/mol. The van der Waals surface area contributed by atoms with Crippen LogP contribution in [0.15, 0.2) is 22.7 Å². The highest BCUT2D eigenvalue weighted by molar-refractivity contribution is 9.10. The Hall–Kier alpha value is -0.720. The fourth-order valence-electron chi connectivity index (χ4n) is 1.54. The van der Waals surface area contributed by atoms with Crippen molar-refractivity contribution in [3.05, 3.63) is 27.7 Å². The SMILES string of the molecule is N#CCC1(COc2cc(Br)ccc2Cl)CC1. The molecule has 84 valence electrons. The van der Waals surface area contributed by atoms with Gasteiger partial charge in [0.1, 0.15) is 5.75 Å². The Morgan fingerprint density at radius 3 is 2.88 bits per heavy atom. The lowest BCUT2D eigenvalue weighted by molar-refractivity contribution is 0.237. The number of benzene rings is 1. The van der Waals surface area contributed by atoms with Gasteiger partial charge in [-0.2, -0.15) is 5.26 Å². The molecule has 1 saturated carbocycles. The fraction of sp³-hybridized carbons (Fsp3) is 0.417. The van der Waals surface area contributed by atoms with E-state index in [1.54, 1.807) is 6.07 Å². The van der Waals surface area contributed by atoms with E-state index in [1.165, 1.54) is 0 Å². The highest BCUT2D eigenvalue weighted by Gasteiger charge is 2.43. The Kier molecular flexibility index (Phi) is 3.41. The molecule has 0 aromatic heterocycles. The highest BCUT2D eigenvalue weighted by Crippen LogP contribution is 2.49. The summed E-state index contributed by atoms with van der Waals surface area (Å²) in [4.78, 5) is 0. The Balaban J connectivity index is 2.00. The maximum Gasteiger partial charge on any atom is 0.139 e. The van der Waals surface area contributed by atoms with Crippen LogP contribution in [0.1, 0.15) is 19.3 Å². The maximum atomic E-state index is 8.70. The molecule has 0 atom stereocenters.